The number of hydrogen-bond acceptors (Lipinski definition) is 3. The fourth-order valence-corrected chi connectivity index (χ4v) is 2.07. The normalized spacial score (nSPS) is 10.5. The molecule has 0 bridgehead atoms. The highest BCUT2D eigenvalue weighted by Crippen LogP contribution is 2.28. The molecule has 90 valence electrons. The van der Waals surface area contributed by atoms with Gasteiger partial charge in [0, 0.05) is 24.5 Å². The van der Waals surface area contributed by atoms with Gasteiger partial charge in [0.15, 0.2) is 0 Å². The lowest BCUT2D eigenvalue weighted by molar-refractivity contribution is 0.302. The smallest absolute Gasteiger partial charge is 0.0606 e. The van der Waals surface area contributed by atoms with E-state index in [9.17, 15) is 0 Å². The fourth-order valence-electron chi connectivity index (χ4n) is 2.07. The average Bonchev–Trinajstić information content (AvgIpc) is 2.29. The van der Waals surface area contributed by atoms with Crippen molar-refractivity contribution < 1.29 is 5.11 Å². The summed E-state index contributed by atoms with van der Waals surface area (Å²) in [4.78, 5) is 2.19. The number of aliphatic hydroxyl groups is 1. The van der Waals surface area contributed by atoms with Crippen molar-refractivity contribution in [3.05, 3.63) is 23.3 Å². The summed E-state index contributed by atoms with van der Waals surface area (Å²) >= 11 is 0. The van der Waals surface area contributed by atoms with E-state index in [1.165, 1.54) is 11.3 Å². The van der Waals surface area contributed by atoms with Gasteiger partial charge in [-0.3, -0.25) is 0 Å². The van der Waals surface area contributed by atoms with Gasteiger partial charge in [-0.25, -0.2) is 0 Å². The SMILES string of the molecule is CCc1c(N(CC)CCO)ccc(N)c1C. The van der Waals surface area contributed by atoms with Crippen LogP contribution in [-0.2, 0) is 6.42 Å². The molecule has 0 spiro atoms. The summed E-state index contributed by atoms with van der Waals surface area (Å²) in [5.74, 6) is 0. The van der Waals surface area contributed by atoms with Gasteiger partial charge in [-0.2, -0.15) is 0 Å². The van der Waals surface area contributed by atoms with E-state index in [1.54, 1.807) is 0 Å². The maximum atomic E-state index is 9.05. The number of aliphatic hydroxyl groups excluding tert-OH is 1. The van der Waals surface area contributed by atoms with Gasteiger partial charge >= 0.3 is 0 Å². The van der Waals surface area contributed by atoms with E-state index in [0.29, 0.717) is 6.54 Å². The van der Waals surface area contributed by atoms with E-state index in [-0.39, 0.29) is 6.61 Å². The Bertz CT molecular complexity index is 350. The Morgan fingerprint density at radius 3 is 2.50 bits per heavy atom. The van der Waals surface area contributed by atoms with E-state index in [0.717, 1.165) is 24.2 Å². The summed E-state index contributed by atoms with van der Waals surface area (Å²) in [7, 11) is 0. The second-order valence-electron chi connectivity index (χ2n) is 3.93. The van der Waals surface area contributed by atoms with Crippen LogP contribution in [0.5, 0.6) is 0 Å². The lowest BCUT2D eigenvalue weighted by Gasteiger charge is -2.26. The summed E-state index contributed by atoms with van der Waals surface area (Å²) in [5.41, 5.74) is 10.4. The lowest BCUT2D eigenvalue weighted by atomic mass is 10.0. The molecule has 0 heterocycles. The molecule has 1 aromatic rings. The molecule has 0 aliphatic heterocycles. The maximum absolute atomic E-state index is 9.05. The molecular weight excluding hydrogens is 200 g/mol. The van der Waals surface area contributed by atoms with Crippen molar-refractivity contribution in [3.8, 4) is 0 Å². The molecule has 1 aromatic carbocycles. The zero-order chi connectivity index (χ0) is 12.1. The van der Waals surface area contributed by atoms with Crippen molar-refractivity contribution >= 4 is 11.4 Å². The summed E-state index contributed by atoms with van der Waals surface area (Å²) in [6.45, 7) is 8.05. The number of nitrogen functional groups attached to an aromatic ring is 1. The predicted molar refractivity (Wildman–Crippen MR) is 69.9 cm³/mol. The third-order valence-electron chi connectivity index (χ3n) is 3.06. The molecule has 0 amide bonds. The quantitative estimate of drug-likeness (QED) is 0.749. The fraction of sp³-hybridized carbons (Fsp3) is 0.538. The Hall–Kier alpha value is -1.22. The Morgan fingerprint density at radius 2 is 2.00 bits per heavy atom. The van der Waals surface area contributed by atoms with Crippen molar-refractivity contribution in [2.24, 2.45) is 0 Å². The van der Waals surface area contributed by atoms with Crippen molar-refractivity contribution in [1.82, 2.24) is 0 Å². The molecule has 16 heavy (non-hydrogen) atoms. The standard InChI is InChI=1S/C13H22N2O/c1-4-11-10(3)12(14)6-7-13(11)15(5-2)8-9-16/h6-7,16H,4-5,8-9,14H2,1-3H3. The Labute approximate surface area is 97.9 Å². The zero-order valence-corrected chi connectivity index (χ0v) is 10.5. The van der Waals surface area contributed by atoms with Gasteiger partial charge in [-0.05, 0) is 43.5 Å². The van der Waals surface area contributed by atoms with Crippen LogP contribution in [0.15, 0.2) is 12.1 Å². The van der Waals surface area contributed by atoms with Crippen LogP contribution in [0, 0.1) is 6.92 Å². The van der Waals surface area contributed by atoms with E-state index in [1.807, 2.05) is 6.07 Å². The molecule has 0 saturated heterocycles. The van der Waals surface area contributed by atoms with Gasteiger partial charge in [0.1, 0.15) is 0 Å². The average molecular weight is 222 g/mol. The number of anilines is 2. The number of nitrogens with zero attached hydrogens (tertiary/aromatic N) is 1. The molecule has 3 nitrogen and oxygen atoms in total. The largest absolute Gasteiger partial charge is 0.399 e. The summed E-state index contributed by atoms with van der Waals surface area (Å²) in [5, 5.41) is 9.05. The number of likely N-dealkylation sites (N-methyl/N-ethyl adjacent to an activating group) is 1. The minimum atomic E-state index is 0.181. The first kappa shape index (κ1) is 12.8. The topological polar surface area (TPSA) is 49.5 Å². The second-order valence-corrected chi connectivity index (χ2v) is 3.93. The molecule has 1 rings (SSSR count). The molecule has 0 fully saturated rings. The third kappa shape index (κ3) is 2.47. The van der Waals surface area contributed by atoms with Crippen LogP contribution in [0.2, 0.25) is 0 Å². The first-order chi connectivity index (χ1) is 7.65. The second kappa shape index (κ2) is 5.75. The molecule has 0 aliphatic carbocycles. The van der Waals surface area contributed by atoms with E-state index in [4.69, 9.17) is 10.8 Å². The van der Waals surface area contributed by atoms with Crippen LogP contribution in [0.25, 0.3) is 0 Å². The molecule has 0 aromatic heterocycles. The molecule has 0 unspecified atom stereocenters. The van der Waals surface area contributed by atoms with E-state index in [2.05, 4.69) is 31.7 Å². The molecular formula is C13H22N2O. The van der Waals surface area contributed by atoms with Gasteiger partial charge in [0.25, 0.3) is 0 Å². The first-order valence-electron chi connectivity index (χ1n) is 5.89. The van der Waals surface area contributed by atoms with E-state index >= 15 is 0 Å². The highest BCUT2D eigenvalue weighted by Gasteiger charge is 2.11. The predicted octanol–water partition coefficient (Wildman–Crippen LogP) is 1.96. The van der Waals surface area contributed by atoms with Crippen LogP contribution in [0.4, 0.5) is 11.4 Å². The van der Waals surface area contributed by atoms with Crippen LogP contribution in [0.3, 0.4) is 0 Å². The van der Waals surface area contributed by atoms with Gasteiger partial charge < -0.3 is 15.7 Å². The molecule has 3 heteroatoms. The number of hydrogen-bond donors (Lipinski definition) is 2. The van der Waals surface area contributed by atoms with E-state index < -0.39 is 0 Å². The Kier molecular flexibility index (Phi) is 4.62. The monoisotopic (exact) mass is 222 g/mol. The Morgan fingerprint density at radius 1 is 1.31 bits per heavy atom. The number of nitrogens with two attached hydrogens (primary N) is 1. The Balaban J connectivity index is 3.16. The lowest BCUT2D eigenvalue weighted by Crippen LogP contribution is -2.27. The summed E-state index contributed by atoms with van der Waals surface area (Å²) in [6, 6.07) is 4.00. The first-order valence-corrected chi connectivity index (χ1v) is 5.89. The van der Waals surface area contributed by atoms with Crippen LogP contribution < -0.4 is 10.6 Å². The van der Waals surface area contributed by atoms with Crippen molar-refractivity contribution in [2.45, 2.75) is 27.2 Å². The molecule has 0 aliphatic rings. The number of rotatable bonds is 5. The minimum absolute atomic E-state index is 0.181. The van der Waals surface area contributed by atoms with Crippen molar-refractivity contribution in [2.75, 3.05) is 30.3 Å². The van der Waals surface area contributed by atoms with Crippen LogP contribution in [0.1, 0.15) is 25.0 Å². The highest BCUT2D eigenvalue weighted by atomic mass is 16.3. The number of benzene rings is 1. The highest BCUT2D eigenvalue weighted by molar-refractivity contribution is 5.64. The summed E-state index contributed by atoms with van der Waals surface area (Å²) in [6.07, 6.45) is 0.966. The molecule has 0 atom stereocenters. The maximum Gasteiger partial charge on any atom is 0.0606 e. The van der Waals surface area contributed by atoms with Crippen molar-refractivity contribution in [1.29, 1.82) is 0 Å². The third-order valence-corrected chi connectivity index (χ3v) is 3.06. The van der Waals surface area contributed by atoms with Gasteiger partial charge in [-0.1, -0.05) is 6.92 Å². The zero-order valence-electron chi connectivity index (χ0n) is 10.5. The molecule has 3 N–H and O–H groups in total. The van der Waals surface area contributed by atoms with Crippen molar-refractivity contribution in [3.63, 3.8) is 0 Å². The van der Waals surface area contributed by atoms with Gasteiger partial charge in [0.2, 0.25) is 0 Å². The minimum Gasteiger partial charge on any atom is -0.399 e. The van der Waals surface area contributed by atoms with Gasteiger partial charge in [0.05, 0.1) is 6.61 Å². The van der Waals surface area contributed by atoms with Crippen LogP contribution in [-0.4, -0.2) is 24.8 Å². The molecule has 0 radical (unpaired) electrons. The van der Waals surface area contributed by atoms with Crippen LogP contribution >= 0.6 is 0 Å². The molecule has 0 saturated carbocycles. The van der Waals surface area contributed by atoms with Gasteiger partial charge in [-0.15, -0.1) is 0 Å². The summed E-state index contributed by atoms with van der Waals surface area (Å²) < 4.78 is 0.